The molecule has 8 aromatic carbocycles. The number of H-pyrrole nitrogens is 1. The zero-order valence-electron chi connectivity index (χ0n) is 51.7. The maximum atomic E-state index is 12.0. The monoisotopic (exact) mass is 1160 g/mol. The third kappa shape index (κ3) is 20.9. The summed E-state index contributed by atoms with van der Waals surface area (Å²) in [6.07, 6.45) is -0.758. The van der Waals surface area contributed by atoms with E-state index in [9.17, 15) is 24.6 Å². The molecule has 7 N–H and O–H groups in total. The molecule has 0 fully saturated rings. The zero-order chi connectivity index (χ0) is 63.6. The van der Waals surface area contributed by atoms with E-state index < -0.39 is 30.3 Å². The van der Waals surface area contributed by atoms with Crippen molar-refractivity contribution in [2.75, 3.05) is 0 Å². The van der Waals surface area contributed by atoms with Crippen molar-refractivity contribution in [3.05, 3.63) is 232 Å². The summed E-state index contributed by atoms with van der Waals surface area (Å²) in [5.41, 5.74) is 15.8. The van der Waals surface area contributed by atoms with Crippen molar-refractivity contribution in [1.82, 2.24) is 16.1 Å². The summed E-state index contributed by atoms with van der Waals surface area (Å²) in [7, 11) is 27.5. The average Bonchev–Trinajstić information content (AvgIpc) is 2.17. The van der Waals surface area contributed by atoms with Gasteiger partial charge < -0.3 is 26.5 Å². The highest BCUT2D eigenvalue weighted by Crippen LogP contribution is 2.43. The first-order valence-corrected chi connectivity index (χ1v) is 28.1. The van der Waals surface area contributed by atoms with Crippen LogP contribution in [0.25, 0.3) is 56.2 Å². The molecule has 9 rings (SSSR count). The van der Waals surface area contributed by atoms with E-state index >= 15 is 0 Å². The summed E-state index contributed by atoms with van der Waals surface area (Å²) < 4.78 is 0. The van der Waals surface area contributed by atoms with E-state index in [0.29, 0.717) is 39.9 Å². The van der Waals surface area contributed by atoms with Crippen LogP contribution in [0.15, 0.2) is 182 Å². The fourth-order valence-electron chi connectivity index (χ4n) is 8.64. The lowest BCUT2D eigenvalue weighted by Crippen LogP contribution is -2.55. The Morgan fingerprint density at radius 1 is 0.523 bits per heavy atom. The Kier molecular flexibility index (Phi) is 28.2. The number of aromatic amines is 1. The number of phenolic OH excluding ortho intramolecular Hbond substituents is 2. The first kappa shape index (κ1) is 73.8. The van der Waals surface area contributed by atoms with Crippen molar-refractivity contribution in [1.29, 1.82) is 0 Å². The van der Waals surface area contributed by atoms with Crippen LogP contribution in [-0.4, -0.2) is 114 Å². The number of nitrogens with one attached hydrogen (secondary N) is 1. The predicted octanol–water partition coefficient (Wildman–Crippen LogP) is 13.7. The number of aliphatic carboxylic acids is 1. The molecule has 0 saturated heterocycles. The molecular weight excluding hydrogens is 1080 g/mol. The van der Waals surface area contributed by atoms with Gasteiger partial charge in [0.25, 0.3) is 5.97 Å². The number of aromatic hydroxyl groups is 2. The summed E-state index contributed by atoms with van der Waals surface area (Å²) in [5.74, 6) is -0.817. The van der Waals surface area contributed by atoms with E-state index in [1.165, 1.54) is 18.2 Å². The van der Waals surface area contributed by atoms with Crippen molar-refractivity contribution in [2.45, 2.75) is 94.4 Å². The first-order chi connectivity index (χ1) is 40.5. The highest BCUT2D eigenvalue weighted by atomic mass is 16.4. The number of imidazole rings is 1. The molecule has 9 aromatic rings. The van der Waals surface area contributed by atoms with Crippen LogP contribution in [0.2, 0.25) is 0 Å². The zero-order valence-corrected chi connectivity index (χ0v) is 51.7. The molecule has 0 aliphatic rings. The topological polar surface area (TPSA) is 193 Å². The smallest absolute Gasteiger partial charge is 0.300 e. The molecule has 0 bridgehead atoms. The van der Waals surface area contributed by atoms with Gasteiger partial charge in [-0.1, -0.05) is 229 Å². The fourth-order valence-corrected chi connectivity index (χ4v) is 8.64. The number of benzene rings is 8. The van der Waals surface area contributed by atoms with Gasteiger partial charge in [-0.15, -0.1) is 0 Å². The van der Waals surface area contributed by atoms with Crippen LogP contribution in [0.1, 0.15) is 120 Å². The Labute approximate surface area is 530 Å². The second-order valence-corrected chi connectivity index (χ2v) is 23.1. The highest BCUT2D eigenvalue weighted by Gasteiger charge is 2.25. The van der Waals surface area contributed by atoms with Crippen molar-refractivity contribution >= 4 is 88.7 Å². The lowest BCUT2D eigenvalue weighted by atomic mass is 8.64. The van der Waals surface area contributed by atoms with Crippen molar-refractivity contribution in [3.63, 3.8) is 0 Å². The Bertz CT molecular complexity index is 3570. The number of phenols is 2. The van der Waals surface area contributed by atoms with Crippen molar-refractivity contribution in [2.24, 2.45) is 0 Å². The molecule has 0 amide bonds. The number of hydrogen-bond donors (Lipinski definition) is 5. The van der Waals surface area contributed by atoms with Crippen molar-refractivity contribution < 1.29 is 34.5 Å². The number of aryl methyl sites for hydroxylation is 4. The van der Waals surface area contributed by atoms with E-state index in [4.69, 9.17) is 53.6 Å². The Balaban J connectivity index is 0.000000330. The molecule has 0 unspecified atom stereocenters. The lowest BCUT2D eigenvalue weighted by molar-refractivity contribution is -0.134. The molecule has 10 nitrogen and oxygen atoms in total. The number of carbonyl (C=O) groups excluding carboxylic acids is 3. The van der Waals surface area contributed by atoms with Crippen LogP contribution in [0.5, 0.6) is 11.5 Å². The third-order valence-electron chi connectivity index (χ3n) is 13.8. The van der Waals surface area contributed by atoms with Gasteiger partial charge in [-0.3, -0.25) is 19.2 Å². The maximum absolute atomic E-state index is 12.0. The van der Waals surface area contributed by atoms with Gasteiger partial charge in [0.15, 0.2) is 6.29 Å². The van der Waals surface area contributed by atoms with Gasteiger partial charge in [-0.25, -0.2) is 4.98 Å². The molecule has 19 heteroatoms. The van der Waals surface area contributed by atoms with Gasteiger partial charge in [-0.05, 0) is 85.0 Å². The number of aromatic nitrogens is 2. The summed E-state index contributed by atoms with van der Waals surface area (Å²) in [4.78, 5) is 52.8. The number of carboxylic acids is 1. The van der Waals surface area contributed by atoms with Gasteiger partial charge in [0, 0.05) is 105 Å². The molecule has 88 heavy (non-hydrogen) atoms. The van der Waals surface area contributed by atoms with Crippen LogP contribution < -0.4 is 6.15 Å². The molecule has 0 atom stereocenters. The van der Waals surface area contributed by atoms with Gasteiger partial charge in [-0.2, -0.15) is 0 Å². The first-order valence-electron chi connectivity index (χ1n) is 28.1. The Morgan fingerprint density at radius 2 is 0.864 bits per heavy atom. The summed E-state index contributed by atoms with van der Waals surface area (Å²) in [5, 5.41) is 29.2. The summed E-state index contributed by atoms with van der Waals surface area (Å²) >= 11 is 0. The number of Topliss-reactive ketones (excluding diaryl/α,β-unsaturated/α-hetero) is 2. The van der Waals surface area contributed by atoms with E-state index in [2.05, 4.69) is 121 Å². The highest BCUT2D eigenvalue weighted by molar-refractivity contribution is 7.93. The summed E-state index contributed by atoms with van der Waals surface area (Å²) in [6.45, 7) is 22.0. The van der Waals surface area contributed by atoms with Gasteiger partial charge >= 0.3 is 0 Å². The number of carboxylic acid groups (broad SMARTS) is 1. The molecular formula is C69H75B9N3O7. The molecule has 1 aromatic heterocycles. The lowest BCUT2D eigenvalue weighted by Gasteiger charge is -2.22. The van der Waals surface area contributed by atoms with Crippen LogP contribution in [0.3, 0.4) is 0 Å². The number of nitrogens with zero attached hydrogens (tertiary/aromatic N) is 1. The minimum absolute atomic E-state index is 0. The van der Waals surface area contributed by atoms with Gasteiger partial charge in [0.05, 0.1) is 22.5 Å². The van der Waals surface area contributed by atoms with E-state index in [1.54, 1.807) is 30.3 Å². The van der Waals surface area contributed by atoms with Crippen LogP contribution >= 0.6 is 0 Å². The molecule has 0 spiro atoms. The Morgan fingerprint density at radius 3 is 1.20 bits per heavy atom. The second kappa shape index (κ2) is 33.6. The van der Waals surface area contributed by atoms with E-state index in [-0.39, 0.29) is 42.3 Å². The molecule has 435 valence electrons. The number of hydrogen-bond acceptors (Lipinski definition) is 8. The predicted molar refractivity (Wildman–Crippen MR) is 376 cm³/mol. The van der Waals surface area contributed by atoms with Crippen LogP contribution in [0, 0.1) is 27.7 Å². The molecule has 0 aliphatic carbocycles. The maximum Gasteiger partial charge on any atom is 0.300 e. The molecule has 11 radical (unpaired) electrons. The van der Waals surface area contributed by atoms with Gasteiger partial charge in [0.2, 0.25) is 11.6 Å². The fraction of sp³-hybridized carbons (Fsp3) is 0.203. The Hall–Kier alpha value is -8.41. The molecule has 0 saturated carbocycles. The standard InChI is InChI=1S/C33H32N2O.C17H18O2.C16H14O2.C2H4O2.CH4.B9.H3N/c1-21-11-15-24(16-12-21)29-30(25-17-13-22(2)14-18-25)35-32(34-29)28-20-26(33(3,4)5)19-27(31(28)36)23-9-7-6-8-10-23;1-17(2,3)14-9-13(11-18)16(19)15(10-14)12-7-5-4-6-8-12;1-11-3-7-13(8-4-11)15(17)16(18)14-9-5-12(2)6-10-14;1-2(3)4;;1-6-9(7(2)3)8(4)5;/h6-20,36H,1-5H3,(H,34,35);4-11,19H,1-3H3;3-10H,1-2H3;1H3,(H,3,4);1H4;;1H3. The minimum atomic E-state index is -0.833. The van der Waals surface area contributed by atoms with Crippen LogP contribution in [-0.2, 0) is 15.6 Å². The number of ketones is 2. The number of aldehydes is 1. The average molecular weight is 1160 g/mol. The van der Waals surface area contributed by atoms with Gasteiger partial charge in [0.1, 0.15) is 17.3 Å². The number of carbonyl (C=O) groups is 4. The van der Waals surface area contributed by atoms with E-state index in [1.807, 2.05) is 105 Å². The van der Waals surface area contributed by atoms with E-state index in [0.717, 1.165) is 68.4 Å². The molecule has 0 aliphatic heterocycles. The summed E-state index contributed by atoms with van der Waals surface area (Å²) in [6, 6.07) is 58.5. The van der Waals surface area contributed by atoms with Crippen LogP contribution in [0.4, 0.5) is 0 Å². The number of rotatable bonds is 12. The van der Waals surface area contributed by atoms with Crippen molar-refractivity contribution in [3.8, 4) is 67.7 Å². The second-order valence-electron chi connectivity index (χ2n) is 23.1. The largest absolute Gasteiger partial charge is 0.507 e. The quantitative estimate of drug-likeness (QED) is 0.0343. The SMILES string of the molecule is C.CC(=O)O.CC(C)(C)c1cc(C=O)c(O)c(-c2ccccc2)c1.Cc1ccc(-c2nc(-c3cc(C(C)(C)C)cc(-c4ccccc4)c3O)[nH]c2-c2ccc(C)cc2)cc1.Cc1ccc(C(=O)C(=O)c2ccc(C)cc2)cc1.N.[B][B]B(B([B])[B])B([B])[B]. The normalized spacial score (nSPS) is 10.4. The molecule has 1 heterocycles. The third-order valence-corrected chi connectivity index (χ3v) is 13.8. The minimum Gasteiger partial charge on any atom is -0.507 e.